The highest BCUT2D eigenvalue weighted by Gasteiger charge is 2.10. The van der Waals surface area contributed by atoms with Crippen LogP contribution >= 0.6 is 23.5 Å². The van der Waals surface area contributed by atoms with Gasteiger partial charge in [-0.3, -0.25) is 0 Å². The predicted molar refractivity (Wildman–Crippen MR) is 181 cm³/mol. The Morgan fingerprint density at radius 3 is 1.69 bits per heavy atom. The summed E-state index contributed by atoms with van der Waals surface area (Å²) in [6, 6.07) is 19.5. The second-order valence-electron chi connectivity index (χ2n) is 11.2. The molecule has 1 aliphatic rings. The summed E-state index contributed by atoms with van der Waals surface area (Å²) < 4.78 is 5.91. The molecule has 0 radical (unpaired) electrons. The molecular formula is C35H46N2O3S2. The fraction of sp³-hybridized carbons (Fsp3) is 0.457. The first-order valence-corrected chi connectivity index (χ1v) is 17.8. The monoisotopic (exact) mass is 606 g/mol. The van der Waals surface area contributed by atoms with Gasteiger partial charge in [-0.15, -0.1) is 0 Å². The first kappa shape index (κ1) is 32.2. The Morgan fingerprint density at radius 1 is 0.667 bits per heavy atom. The number of rotatable bonds is 14. The van der Waals surface area contributed by atoms with Crippen LogP contribution in [0, 0.1) is 0 Å². The third-order valence-electron chi connectivity index (χ3n) is 7.30. The quantitative estimate of drug-likeness (QED) is 0.159. The van der Waals surface area contributed by atoms with Crippen LogP contribution < -0.4 is 15.4 Å². The fourth-order valence-electron chi connectivity index (χ4n) is 5.19. The Hall–Kier alpha value is -2.77. The van der Waals surface area contributed by atoms with Crippen molar-refractivity contribution in [3.63, 3.8) is 0 Å². The van der Waals surface area contributed by atoms with Crippen molar-refractivity contribution in [3.8, 4) is 11.5 Å². The minimum atomic E-state index is -0.260. The third kappa shape index (κ3) is 11.8. The van der Waals surface area contributed by atoms with Gasteiger partial charge in [-0.05, 0) is 77.2 Å². The van der Waals surface area contributed by atoms with Gasteiger partial charge in [0.15, 0.2) is 0 Å². The van der Waals surface area contributed by atoms with Crippen molar-refractivity contribution in [2.45, 2.75) is 94.1 Å². The van der Waals surface area contributed by atoms with Gasteiger partial charge in [0, 0.05) is 34.4 Å². The normalized spacial score (nSPS) is 13.1. The highest BCUT2D eigenvalue weighted by Crippen LogP contribution is 2.29. The number of carbonyl (C=O) groups is 1. The van der Waals surface area contributed by atoms with E-state index in [2.05, 4.69) is 29.7 Å². The molecule has 3 aromatic rings. The molecule has 0 aliphatic carbocycles. The smallest absolute Gasteiger partial charge is 0.323 e. The number of thioether (sulfide) groups is 2. The highest BCUT2D eigenvalue weighted by atomic mass is 32.2. The number of carbonyl (C=O) groups excluding carboxylic acids is 1. The summed E-state index contributed by atoms with van der Waals surface area (Å²) in [6.07, 6.45) is 13.1. The third-order valence-corrected chi connectivity index (χ3v) is 9.45. The lowest BCUT2D eigenvalue weighted by atomic mass is 10.1. The molecule has 4 bridgehead atoms. The van der Waals surface area contributed by atoms with Gasteiger partial charge in [0.1, 0.15) is 11.5 Å². The van der Waals surface area contributed by atoms with E-state index in [9.17, 15) is 9.90 Å². The maximum atomic E-state index is 12.8. The van der Waals surface area contributed by atoms with Crippen molar-refractivity contribution < 1.29 is 14.6 Å². The lowest BCUT2D eigenvalue weighted by Gasteiger charge is -2.14. The van der Waals surface area contributed by atoms with Gasteiger partial charge in [0.2, 0.25) is 0 Å². The molecule has 226 valence electrons. The number of anilines is 2. The molecular weight excluding hydrogens is 561 g/mol. The Balaban J connectivity index is 1.18. The second-order valence-corrected chi connectivity index (χ2v) is 13.1. The van der Waals surface area contributed by atoms with Gasteiger partial charge in [-0.2, -0.15) is 23.5 Å². The van der Waals surface area contributed by atoms with Crippen LogP contribution in [0.2, 0.25) is 0 Å². The van der Waals surface area contributed by atoms with Gasteiger partial charge in [0.05, 0.1) is 6.61 Å². The average Bonchev–Trinajstić information content (AvgIpc) is 2.96. The van der Waals surface area contributed by atoms with Gasteiger partial charge in [-0.25, -0.2) is 4.79 Å². The molecule has 0 saturated carbocycles. The maximum absolute atomic E-state index is 12.8. The van der Waals surface area contributed by atoms with E-state index < -0.39 is 0 Å². The zero-order valence-corrected chi connectivity index (χ0v) is 26.6. The molecule has 1 aliphatic heterocycles. The summed E-state index contributed by atoms with van der Waals surface area (Å²) >= 11 is 3.61. The summed E-state index contributed by atoms with van der Waals surface area (Å²) in [5.41, 5.74) is 6.16. The Kier molecular flexibility index (Phi) is 13.8. The van der Waals surface area contributed by atoms with Crippen LogP contribution in [0.1, 0.15) is 93.4 Å². The first-order chi connectivity index (χ1) is 20.6. The van der Waals surface area contributed by atoms with Crippen LogP contribution in [0.4, 0.5) is 16.2 Å². The predicted octanol–water partition coefficient (Wildman–Crippen LogP) is 10.5. The maximum Gasteiger partial charge on any atom is 0.323 e. The summed E-state index contributed by atoms with van der Waals surface area (Å²) in [5, 5.41) is 16.0. The van der Waals surface area contributed by atoms with Crippen molar-refractivity contribution in [2.24, 2.45) is 0 Å². The van der Waals surface area contributed by atoms with Crippen LogP contribution in [0.25, 0.3) is 0 Å². The number of fused-ring (bicyclic) bond motifs is 4. The van der Waals surface area contributed by atoms with Crippen molar-refractivity contribution >= 4 is 40.9 Å². The van der Waals surface area contributed by atoms with E-state index in [1.54, 1.807) is 0 Å². The van der Waals surface area contributed by atoms with Gasteiger partial charge in [0.25, 0.3) is 0 Å². The molecule has 5 nitrogen and oxygen atoms in total. The molecule has 42 heavy (non-hydrogen) atoms. The summed E-state index contributed by atoms with van der Waals surface area (Å²) in [7, 11) is 0. The zero-order chi connectivity index (χ0) is 29.4. The minimum absolute atomic E-state index is 0.260. The van der Waals surface area contributed by atoms with E-state index in [1.807, 2.05) is 72.1 Å². The standard InChI is InChI=1S/C35H46N2O3S2/c1-2-3-4-5-6-7-8-9-10-11-16-40-34-14-12-31(13-15-34)36-35(39)37-32-19-27-17-28(20-32)24-42-26-30-18-29(25-41-23-27)21-33(38)22-30/h12-15,17-22,38H,2-11,16,23-26H2,1H3,(H2,36,37,39). The van der Waals surface area contributed by atoms with E-state index >= 15 is 0 Å². The zero-order valence-electron chi connectivity index (χ0n) is 25.0. The molecule has 0 spiro atoms. The van der Waals surface area contributed by atoms with Crippen LogP contribution in [0.3, 0.4) is 0 Å². The van der Waals surface area contributed by atoms with E-state index in [4.69, 9.17) is 4.74 Å². The second kappa shape index (κ2) is 18.0. The average molecular weight is 607 g/mol. The van der Waals surface area contributed by atoms with Crippen molar-refractivity contribution in [3.05, 3.63) is 82.9 Å². The van der Waals surface area contributed by atoms with Crippen molar-refractivity contribution in [1.29, 1.82) is 0 Å². The van der Waals surface area contributed by atoms with Gasteiger partial charge >= 0.3 is 6.03 Å². The SMILES string of the molecule is CCCCCCCCCCCCOc1ccc(NC(=O)Nc2cc3cc(c2)CSCc2cc(O)cc(c2)CSC3)cc1. The minimum Gasteiger partial charge on any atom is -0.508 e. The number of nitrogens with one attached hydrogen (secondary N) is 2. The molecule has 0 atom stereocenters. The van der Waals surface area contributed by atoms with Crippen molar-refractivity contribution in [2.75, 3.05) is 17.2 Å². The Bertz CT molecular complexity index is 1200. The van der Waals surface area contributed by atoms with E-state index in [0.29, 0.717) is 5.75 Å². The number of amides is 2. The van der Waals surface area contributed by atoms with E-state index in [-0.39, 0.29) is 6.03 Å². The van der Waals surface area contributed by atoms with E-state index in [1.165, 1.54) is 68.9 Å². The molecule has 2 amide bonds. The molecule has 0 aromatic heterocycles. The molecule has 4 rings (SSSR count). The summed E-state index contributed by atoms with van der Waals surface area (Å²) in [4.78, 5) is 12.8. The number of aromatic hydroxyl groups is 1. The van der Waals surface area contributed by atoms with Crippen LogP contribution in [-0.4, -0.2) is 17.7 Å². The number of phenolic OH excluding ortho intramolecular Hbond substituents is 1. The van der Waals surface area contributed by atoms with Crippen molar-refractivity contribution in [1.82, 2.24) is 0 Å². The van der Waals surface area contributed by atoms with Crippen LogP contribution in [0.5, 0.6) is 11.5 Å². The first-order valence-electron chi connectivity index (χ1n) is 15.5. The lowest BCUT2D eigenvalue weighted by Crippen LogP contribution is -2.19. The molecule has 0 unspecified atom stereocenters. The lowest BCUT2D eigenvalue weighted by molar-refractivity contribution is 0.262. The number of hydrogen-bond acceptors (Lipinski definition) is 5. The number of unbranched alkanes of at least 4 members (excludes halogenated alkanes) is 9. The van der Waals surface area contributed by atoms with E-state index in [0.717, 1.165) is 64.3 Å². The summed E-state index contributed by atoms with van der Waals surface area (Å²) in [6.45, 7) is 2.99. The molecule has 1 heterocycles. The number of urea groups is 1. The number of benzene rings is 3. The molecule has 3 N–H and O–H groups in total. The largest absolute Gasteiger partial charge is 0.508 e. The number of hydrogen-bond donors (Lipinski definition) is 3. The van der Waals surface area contributed by atoms with Crippen LogP contribution in [-0.2, 0) is 23.0 Å². The van der Waals surface area contributed by atoms with Gasteiger partial charge < -0.3 is 20.5 Å². The number of phenols is 1. The van der Waals surface area contributed by atoms with Crippen LogP contribution in [0.15, 0.2) is 60.7 Å². The van der Waals surface area contributed by atoms with Gasteiger partial charge in [-0.1, -0.05) is 76.8 Å². The Labute approximate surface area is 260 Å². The molecule has 0 fully saturated rings. The topological polar surface area (TPSA) is 70.6 Å². The summed E-state index contributed by atoms with van der Waals surface area (Å²) in [5.74, 6) is 4.50. The fourth-order valence-corrected chi connectivity index (χ4v) is 7.01. The Morgan fingerprint density at radius 2 is 1.14 bits per heavy atom. The molecule has 0 saturated heterocycles. The number of ether oxygens (including phenoxy) is 1. The molecule has 3 aromatic carbocycles. The highest BCUT2D eigenvalue weighted by molar-refractivity contribution is 7.98. The molecule has 7 heteroatoms.